The lowest BCUT2D eigenvalue weighted by atomic mass is 10.0. The number of carboxylic acid groups (broad SMARTS) is 1. The Hall–Kier alpha value is -3.15. The number of benzene rings is 2. The van der Waals surface area contributed by atoms with Crippen LogP contribution in [0.1, 0.15) is 27.9 Å². The highest BCUT2D eigenvalue weighted by Gasteiger charge is 2.20. The van der Waals surface area contributed by atoms with Gasteiger partial charge in [0.1, 0.15) is 6.04 Å². The van der Waals surface area contributed by atoms with Crippen LogP contribution >= 0.6 is 0 Å². The van der Waals surface area contributed by atoms with Gasteiger partial charge in [-0.15, -0.1) is 0 Å². The zero-order chi connectivity index (χ0) is 18.9. The van der Waals surface area contributed by atoms with E-state index in [-0.39, 0.29) is 18.7 Å². The number of aryl methyl sites for hydroxylation is 1. The lowest BCUT2D eigenvalue weighted by Gasteiger charge is -2.14. The molecule has 0 aliphatic heterocycles. The van der Waals surface area contributed by atoms with Crippen LogP contribution in [-0.4, -0.2) is 36.1 Å². The molecular weight excluding hydrogens is 334 g/mol. The monoisotopic (exact) mass is 355 g/mol. The van der Waals surface area contributed by atoms with Crippen molar-refractivity contribution in [2.45, 2.75) is 25.3 Å². The first-order valence-electron chi connectivity index (χ1n) is 8.23. The molecule has 0 aliphatic rings. The first kappa shape index (κ1) is 19.2. The van der Waals surface area contributed by atoms with Gasteiger partial charge in [-0.05, 0) is 29.7 Å². The van der Waals surface area contributed by atoms with Crippen LogP contribution in [0.5, 0.6) is 0 Å². The largest absolute Gasteiger partial charge is 0.480 e. The predicted molar refractivity (Wildman–Crippen MR) is 95.8 cm³/mol. The SMILES string of the molecule is COC(=O)c1ccc(CCC(=O)N[C@@H](Cc2ccccc2)C(=O)O)cc1. The van der Waals surface area contributed by atoms with Gasteiger partial charge in [-0.1, -0.05) is 42.5 Å². The van der Waals surface area contributed by atoms with E-state index in [0.29, 0.717) is 12.0 Å². The first-order chi connectivity index (χ1) is 12.5. The van der Waals surface area contributed by atoms with E-state index < -0.39 is 18.0 Å². The zero-order valence-corrected chi connectivity index (χ0v) is 14.5. The second kappa shape index (κ2) is 9.36. The smallest absolute Gasteiger partial charge is 0.337 e. The predicted octanol–water partition coefficient (Wildman–Crippen LogP) is 2.22. The molecule has 2 aromatic carbocycles. The minimum absolute atomic E-state index is 0.163. The number of ether oxygens (including phenoxy) is 1. The third kappa shape index (κ3) is 5.73. The molecule has 0 radical (unpaired) electrons. The molecular formula is C20H21NO5. The molecule has 0 saturated carbocycles. The number of esters is 1. The van der Waals surface area contributed by atoms with Gasteiger partial charge in [-0.2, -0.15) is 0 Å². The number of amides is 1. The van der Waals surface area contributed by atoms with Crippen molar-refractivity contribution in [1.29, 1.82) is 0 Å². The fourth-order valence-corrected chi connectivity index (χ4v) is 2.50. The summed E-state index contributed by atoms with van der Waals surface area (Å²) < 4.78 is 4.63. The quantitative estimate of drug-likeness (QED) is 0.708. The Morgan fingerprint density at radius 1 is 1.00 bits per heavy atom. The van der Waals surface area contributed by atoms with Gasteiger partial charge in [-0.25, -0.2) is 9.59 Å². The van der Waals surface area contributed by atoms with Crippen LogP contribution in [0, 0.1) is 0 Å². The molecule has 2 aromatic rings. The van der Waals surface area contributed by atoms with Gasteiger partial charge >= 0.3 is 11.9 Å². The van der Waals surface area contributed by atoms with Gasteiger partial charge in [-0.3, -0.25) is 4.79 Å². The number of carbonyl (C=O) groups is 3. The number of hydrogen-bond acceptors (Lipinski definition) is 4. The summed E-state index contributed by atoms with van der Waals surface area (Å²) in [5, 5.41) is 11.9. The van der Waals surface area contributed by atoms with Crippen molar-refractivity contribution in [2.24, 2.45) is 0 Å². The maximum absolute atomic E-state index is 12.1. The zero-order valence-electron chi connectivity index (χ0n) is 14.5. The Morgan fingerprint density at radius 2 is 1.65 bits per heavy atom. The summed E-state index contributed by atoms with van der Waals surface area (Å²) >= 11 is 0. The molecule has 0 aromatic heterocycles. The summed E-state index contributed by atoms with van der Waals surface area (Å²) in [6.45, 7) is 0. The van der Waals surface area contributed by atoms with E-state index in [4.69, 9.17) is 0 Å². The Kier molecular flexibility index (Phi) is 6.91. The number of nitrogens with one attached hydrogen (secondary N) is 1. The number of rotatable bonds is 8. The summed E-state index contributed by atoms with van der Waals surface area (Å²) in [5.74, 6) is -1.81. The molecule has 2 rings (SSSR count). The Balaban J connectivity index is 1.88. The molecule has 0 heterocycles. The summed E-state index contributed by atoms with van der Waals surface area (Å²) in [6, 6.07) is 15.0. The van der Waals surface area contributed by atoms with Crippen molar-refractivity contribution in [3.63, 3.8) is 0 Å². The van der Waals surface area contributed by atoms with Crippen LogP contribution in [0.4, 0.5) is 0 Å². The minimum Gasteiger partial charge on any atom is -0.480 e. The number of methoxy groups -OCH3 is 1. The summed E-state index contributed by atoms with van der Waals surface area (Å²) in [4.78, 5) is 34.9. The van der Waals surface area contributed by atoms with Crippen LogP contribution < -0.4 is 5.32 Å². The molecule has 6 nitrogen and oxygen atoms in total. The van der Waals surface area contributed by atoms with Crippen LogP contribution in [0.15, 0.2) is 54.6 Å². The standard InChI is InChI=1S/C20H21NO5/c1-26-20(25)16-10-7-14(8-11-16)9-12-18(22)21-17(19(23)24)13-15-5-3-2-4-6-15/h2-8,10-11,17H,9,12-13H2,1H3,(H,21,22)(H,23,24)/t17-/m0/s1. The van der Waals surface area contributed by atoms with Crippen molar-refractivity contribution < 1.29 is 24.2 Å². The van der Waals surface area contributed by atoms with E-state index in [0.717, 1.165) is 11.1 Å². The van der Waals surface area contributed by atoms with Crippen LogP contribution in [0.2, 0.25) is 0 Å². The molecule has 2 N–H and O–H groups in total. The van der Waals surface area contributed by atoms with Gasteiger partial charge < -0.3 is 15.2 Å². The molecule has 0 bridgehead atoms. The topological polar surface area (TPSA) is 92.7 Å². The first-order valence-corrected chi connectivity index (χ1v) is 8.23. The van der Waals surface area contributed by atoms with E-state index >= 15 is 0 Å². The number of carbonyl (C=O) groups excluding carboxylic acids is 2. The van der Waals surface area contributed by atoms with Gasteiger partial charge in [0.2, 0.25) is 5.91 Å². The summed E-state index contributed by atoms with van der Waals surface area (Å²) in [6.07, 6.45) is 0.844. The molecule has 0 saturated heterocycles. The molecule has 0 unspecified atom stereocenters. The normalized spacial score (nSPS) is 11.4. The van der Waals surface area contributed by atoms with Crippen molar-refractivity contribution >= 4 is 17.8 Å². The Bertz CT molecular complexity index is 756. The fourth-order valence-electron chi connectivity index (χ4n) is 2.50. The highest BCUT2D eigenvalue weighted by atomic mass is 16.5. The highest BCUT2D eigenvalue weighted by molar-refractivity contribution is 5.89. The second-order valence-corrected chi connectivity index (χ2v) is 5.84. The van der Waals surface area contributed by atoms with Crippen molar-refractivity contribution in [3.8, 4) is 0 Å². The van der Waals surface area contributed by atoms with E-state index in [1.165, 1.54) is 7.11 Å². The highest BCUT2D eigenvalue weighted by Crippen LogP contribution is 2.09. The molecule has 26 heavy (non-hydrogen) atoms. The molecule has 0 aliphatic carbocycles. The van der Waals surface area contributed by atoms with E-state index in [9.17, 15) is 19.5 Å². The average Bonchev–Trinajstić information content (AvgIpc) is 2.66. The number of carboxylic acids is 1. The molecule has 1 amide bonds. The average molecular weight is 355 g/mol. The number of hydrogen-bond donors (Lipinski definition) is 2. The lowest BCUT2D eigenvalue weighted by molar-refractivity contribution is -0.141. The maximum Gasteiger partial charge on any atom is 0.337 e. The van der Waals surface area contributed by atoms with Crippen LogP contribution in [0.25, 0.3) is 0 Å². The Morgan fingerprint density at radius 3 is 2.23 bits per heavy atom. The van der Waals surface area contributed by atoms with Crippen LogP contribution in [-0.2, 0) is 27.2 Å². The van der Waals surface area contributed by atoms with E-state index in [1.807, 2.05) is 30.3 Å². The van der Waals surface area contributed by atoms with Gasteiger partial charge in [0.25, 0.3) is 0 Å². The summed E-state index contributed by atoms with van der Waals surface area (Å²) in [7, 11) is 1.31. The van der Waals surface area contributed by atoms with Gasteiger partial charge in [0, 0.05) is 12.8 Å². The third-order valence-electron chi connectivity index (χ3n) is 3.93. The molecule has 0 fully saturated rings. The lowest BCUT2D eigenvalue weighted by Crippen LogP contribution is -2.42. The third-order valence-corrected chi connectivity index (χ3v) is 3.93. The van der Waals surface area contributed by atoms with Crippen LogP contribution in [0.3, 0.4) is 0 Å². The summed E-state index contributed by atoms with van der Waals surface area (Å²) in [5.41, 5.74) is 2.16. The molecule has 6 heteroatoms. The van der Waals surface area contributed by atoms with E-state index in [1.54, 1.807) is 24.3 Å². The van der Waals surface area contributed by atoms with Crippen molar-refractivity contribution in [1.82, 2.24) is 5.32 Å². The maximum atomic E-state index is 12.1. The molecule has 1 atom stereocenters. The van der Waals surface area contributed by atoms with Crippen molar-refractivity contribution in [3.05, 3.63) is 71.3 Å². The Labute approximate surface area is 151 Å². The second-order valence-electron chi connectivity index (χ2n) is 5.84. The number of aliphatic carboxylic acids is 1. The van der Waals surface area contributed by atoms with E-state index in [2.05, 4.69) is 10.1 Å². The molecule has 136 valence electrons. The van der Waals surface area contributed by atoms with Crippen molar-refractivity contribution in [2.75, 3.05) is 7.11 Å². The minimum atomic E-state index is -1.07. The van der Waals surface area contributed by atoms with Gasteiger partial charge in [0.05, 0.1) is 12.7 Å². The molecule has 0 spiro atoms. The van der Waals surface area contributed by atoms with Gasteiger partial charge in [0.15, 0.2) is 0 Å². The fraction of sp³-hybridized carbons (Fsp3) is 0.250.